The zero-order valence-electron chi connectivity index (χ0n) is 22.6. The Hall–Kier alpha value is -2.64. The Morgan fingerprint density at radius 3 is 2.37 bits per heavy atom. The Labute approximate surface area is 225 Å². The van der Waals surface area contributed by atoms with Gasteiger partial charge in [-0.25, -0.2) is 4.39 Å². The van der Waals surface area contributed by atoms with Crippen molar-refractivity contribution in [1.82, 2.24) is 16.0 Å². The fraction of sp³-hybridized carbons (Fsp3) is 0.700. The molecule has 1 atom stereocenters. The van der Waals surface area contributed by atoms with Crippen molar-refractivity contribution in [3.8, 4) is 5.75 Å². The summed E-state index contributed by atoms with van der Waals surface area (Å²) >= 11 is 0. The van der Waals surface area contributed by atoms with Gasteiger partial charge in [0, 0.05) is 13.0 Å². The quantitative estimate of drug-likeness (QED) is 0.267. The number of nitrogens with one attached hydrogen (secondary N) is 4. The zero-order valence-corrected chi connectivity index (χ0v) is 22.6. The van der Waals surface area contributed by atoms with Gasteiger partial charge in [0.05, 0.1) is 7.11 Å². The van der Waals surface area contributed by atoms with Crippen molar-refractivity contribution >= 4 is 17.8 Å². The summed E-state index contributed by atoms with van der Waals surface area (Å²) in [6, 6.07) is 3.90. The van der Waals surface area contributed by atoms with Gasteiger partial charge in [-0.2, -0.15) is 0 Å². The Balaban J connectivity index is 1.17. The van der Waals surface area contributed by atoms with Crippen molar-refractivity contribution in [2.24, 2.45) is 29.1 Å². The average molecular weight is 527 g/mol. The van der Waals surface area contributed by atoms with Crippen LogP contribution in [-0.2, 0) is 16.1 Å². The molecule has 5 saturated carbocycles. The van der Waals surface area contributed by atoms with E-state index in [4.69, 9.17) is 10.1 Å². The molecule has 6 rings (SSSR count). The van der Waals surface area contributed by atoms with Crippen LogP contribution in [0.1, 0.15) is 89.0 Å². The van der Waals surface area contributed by atoms with E-state index < -0.39 is 11.9 Å². The number of carbonyl (C=O) groups is 2. The first-order chi connectivity index (χ1) is 18.3. The Morgan fingerprint density at radius 1 is 1.08 bits per heavy atom. The highest BCUT2D eigenvalue weighted by Crippen LogP contribution is 2.61. The van der Waals surface area contributed by atoms with Gasteiger partial charge >= 0.3 is 0 Å². The summed E-state index contributed by atoms with van der Waals surface area (Å²) in [5.74, 6) is 1.99. The molecule has 38 heavy (non-hydrogen) atoms. The Kier molecular flexibility index (Phi) is 8.24. The number of hydrogen-bond donors (Lipinski definition) is 4. The summed E-state index contributed by atoms with van der Waals surface area (Å²) in [7, 11) is 1.41. The van der Waals surface area contributed by atoms with E-state index in [2.05, 4.69) is 16.0 Å². The summed E-state index contributed by atoms with van der Waals surface area (Å²) in [6.45, 7) is 0.226. The van der Waals surface area contributed by atoms with E-state index in [1.54, 1.807) is 12.1 Å². The fourth-order valence-corrected chi connectivity index (χ4v) is 8.36. The van der Waals surface area contributed by atoms with Crippen LogP contribution in [0.2, 0.25) is 0 Å². The second kappa shape index (κ2) is 11.6. The van der Waals surface area contributed by atoms with Gasteiger partial charge in [0.1, 0.15) is 6.04 Å². The molecule has 0 saturated heterocycles. The molecule has 1 aromatic rings. The van der Waals surface area contributed by atoms with Crippen LogP contribution in [0.15, 0.2) is 18.2 Å². The molecule has 5 aliphatic rings. The molecule has 1 aromatic carbocycles. The minimum absolute atomic E-state index is 0.0980. The predicted octanol–water partition coefficient (Wildman–Crippen LogP) is 5.04. The zero-order chi connectivity index (χ0) is 26.7. The van der Waals surface area contributed by atoms with Crippen LogP contribution in [0.4, 0.5) is 4.39 Å². The van der Waals surface area contributed by atoms with Gasteiger partial charge in [0.25, 0.3) is 0 Å². The van der Waals surface area contributed by atoms with Gasteiger partial charge in [-0.1, -0.05) is 38.2 Å². The molecule has 0 aromatic heterocycles. The second-order valence-corrected chi connectivity index (χ2v) is 12.6. The average Bonchev–Trinajstić information content (AvgIpc) is 2.87. The first-order valence-corrected chi connectivity index (χ1v) is 14.6. The topological polar surface area (TPSA) is 103 Å². The normalized spacial score (nSPS) is 28.9. The molecule has 0 spiro atoms. The van der Waals surface area contributed by atoms with E-state index in [0.717, 1.165) is 68.3 Å². The van der Waals surface area contributed by atoms with E-state index in [0.29, 0.717) is 18.8 Å². The highest BCUT2D eigenvalue weighted by molar-refractivity contribution is 5.97. The molecule has 0 radical (unpaired) electrons. The molecule has 0 unspecified atom stereocenters. The number of ether oxygens (including phenoxy) is 1. The molecule has 2 amide bonds. The summed E-state index contributed by atoms with van der Waals surface area (Å²) in [5.41, 5.74) is 0.834. The number of hydrogen-bond acceptors (Lipinski definition) is 4. The molecule has 0 heterocycles. The molecule has 4 bridgehead atoms. The van der Waals surface area contributed by atoms with Crippen molar-refractivity contribution in [3.05, 3.63) is 29.6 Å². The van der Waals surface area contributed by atoms with Crippen LogP contribution in [0.3, 0.4) is 0 Å². The van der Waals surface area contributed by atoms with E-state index in [1.807, 2.05) is 0 Å². The van der Waals surface area contributed by atoms with Crippen LogP contribution in [0.5, 0.6) is 5.75 Å². The summed E-state index contributed by atoms with van der Waals surface area (Å²) < 4.78 is 18.8. The molecule has 4 N–H and O–H groups in total. The third-order valence-corrected chi connectivity index (χ3v) is 9.58. The Morgan fingerprint density at radius 2 is 1.74 bits per heavy atom. The fourth-order valence-electron chi connectivity index (χ4n) is 8.36. The maximum Gasteiger partial charge on any atom is 0.242 e. The number of guanidine groups is 1. The Bertz CT molecular complexity index is 1000. The predicted molar refractivity (Wildman–Crippen MR) is 144 cm³/mol. The van der Waals surface area contributed by atoms with Gasteiger partial charge in [0.15, 0.2) is 17.5 Å². The lowest BCUT2D eigenvalue weighted by Crippen LogP contribution is -2.53. The van der Waals surface area contributed by atoms with E-state index in [9.17, 15) is 14.0 Å². The largest absolute Gasteiger partial charge is 0.494 e. The van der Waals surface area contributed by atoms with Crippen molar-refractivity contribution < 1.29 is 18.7 Å². The van der Waals surface area contributed by atoms with Gasteiger partial charge in [-0.05, 0) is 91.7 Å². The lowest BCUT2D eigenvalue weighted by Gasteiger charge is -2.56. The van der Waals surface area contributed by atoms with Crippen LogP contribution < -0.4 is 20.7 Å². The maximum atomic E-state index is 13.8. The van der Waals surface area contributed by atoms with E-state index >= 15 is 0 Å². The summed E-state index contributed by atoms with van der Waals surface area (Å²) in [5, 5.41) is 17.2. The highest BCUT2D eigenvalue weighted by atomic mass is 19.1. The number of halogens is 1. The van der Waals surface area contributed by atoms with Crippen LogP contribution >= 0.6 is 0 Å². The van der Waals surface area contributed by atoms with Crippen molar-refractivity contribution in [3.63, 3.8) is 0 Å². The van der Waals surface area contributed by atoms with Gasteiger partial charge in [0.2, 0.25) is 11.8 Å². The lowest BCUT2D eigenvalue weighted by molar-refractivity contribution is -0.128. The van der Waals surface area contributed by atoms with Crippen LogP contribution in [0.25, 0.3) is 0 Å². The third kappa shape index (κ3) is 6.49. The monoisotopic (exact) mass is 526 g/mol. The maximum absolute atomic E-state index is 13.8. The van der Waals surface area contributed by atoms with Crippen molar-refractivity contribution in [1.29, 1.82) is 5.41 Å². The minimum atomic E-state index is -0.618. The lowest BCUT2D eigenvalue weighted by atomic mass is 9.49. The third-order valence-electron chi connectivity index (χ3n) is 9.58. The highest BCUT2D eigenvalue weighted by Gasteiger charge is 2.51. The van der Waals surface area contributed by atoms with Gasteiger partial charge in [-0.15, -0.1) is 0 Å². The SMILES string of the molecule is COc1cc(CNC(=O)[C@@H](CC2CCCCC2)NC(=N)NC(=O)CC23CC4CC(CC(C4)C2)C3)ccc1F. The number of benzene rings is 1. The second-order valence-electron chi connectivity index (χ2n) is 12.6. The van der Waals surface area contributed by atoms with E-state index in [-0.39, 0.29) is 35.5 Å². The molecule has 8 heteroatoms. The summed E-state index contributed by atoms with van der Waals surface area (Å²) in [6.07, 6.45) is 14.2. The number of rotatable bonds is 9. The molecular formula is C30H43FN4O3. The molecule has 0 aliphatic heterocycles. The molecular weight excluding hydrogens is 483 g/mol. The first kappa shape index (κ1) is 26.9. The number of amides is 2. The first-order valence-electron chi connectivity index (χ1n) is 14.6. The van der Waals surface area contributed by atoms with Crippen molar-refractivity contribution in [2.75, 3.05) is 7.11 Å². The molecule has 5 aliphatic carbocycles. The van der Waals surface area contributed by atoms with Gasteiger partial charge < -0.3 is 15.4 Å². The molecule has 5 fully saturated rings. The molecule has 208 valence electrons. The molecule has 7 nitrogen and oxygen atoms in total. The van der Waals surface area contributed by atoms with E-state index in [1.165, 1.54) is 38.9 Å². The summed E-state index contributed by atoms with van der Waals surface area (Å²) in [4.78, 5) is 26.3. The number of carbonyl (C=O) groups excluding carboxylic acids is 2. The van der Waals surface area contributed by atoms with Crippen LogP contribution in [0, 0.1) is 40.3 Å². The smallest absolute Gasteiger partial charge is 0.242 e. The van der Waals surface area contributed by atoms with Gasteiger partial charge in [-0.3, -0.25) is 20.3 Å². The number of methoxy groups -OCH3 is 1. The minimum Gasteiger partial charge on any atom is -0.494 e. The standard InChI is InChI=1S/C30H43FN4O3/c1-38-26-13-20(7-8-24(26)31)18-33-28(37)25(12-19-5-3-2-4-6-19)34-29(32)35-27(36)17-30-14-21-9-22(15-30)11-23(10-21)16-30/h7-8,13,19,21-23,25H,2-6,9-12,14-18H2,1H3,(H,33,37)(H3,32,34,35,36)/t21?,22?,23?,25-,30?/m1/s1. The van der Waals surface area contributed by atoms with Crippen LogP contribution in [-0.4, -0.2) is 30.9 Å². The van der Waals surface area contributed by atoms with Crippen molar-refractivity contribution in [2.45, 2.75) is 96.1 Å².